The number of aromatic nitrogens is 2. The molecule has 0 unspecified atom stereocenters. The van der Waals surface area contributed by atoms with Gasteiger partial charge in [-0.15, -0.1) is 11.3 Å². The van der Waals surface area contributed by atoms with Gasteiger partial charge < -0.3 is 10.1 Å². The van der Waals surface area contributed by atoms with Crippen molar-refractivity contribution < 1.29 is 9.53 Å². The predicted molar refractivity (Wildman–Crippen MR) is 95.0 cm³/mol. The van der Waals surface area contributed by atoms with Crippen LogP contribution in [0.5, 0.6) is 0 Å². The Labute approximate surface area is 144 Å². The third-order valence-electron chi connectivity index (χ3n) is 4.33. The van der Waals surface area contributed by atoms with Crippen LogP contribution in [-0.4, -0.2) is 34.9 Å². The fourth-order valence-electron chi connectivity index (χ4n) is 3.00. The van der Waals surface area contributed by atoms with Crippen LogP contribution in [0.1, 0.15) is 28.2 Å². The molecule has 0 radical (unpaired) electrons. The van der Waals surface area contributed by atoms with Crippen molar-refractivity contribution >= 4 is 27.5 Å². The lowest BCUT2D eigenvalue weighted by Gasteiger charge is -2.22. The van der Waals surface area contributed by atoms with Crippen LogP contribution in [-0.2, 0) is 4.74 Å². The summed E-state index contributed by atoms with van der Waals surface area (Å²) in [5, 5.41) is 8.78. The van der Waals surface area contributed by atoms with Crippen LogP contribution in [0.15, 0.2) is 36.4 Å². The molecule has 1 amide bonds. The average Bonchev–Trinajstić information content (AvgIpc) is 3.18. The van der Waals surface area contributed by atoms with Gasteiger partial charge in [0.05, 0.1) is 16.3 Å². The molecule has 0 atom stereocenters. The largest absolute Gasteiger partial charge is 0.381 e. The molecule has 124 valence electrons. The van der Waals surface area contributed by atoms with Crippen molar-refractivity contribution in [2.45, 2.75) is 25.8 Å². The van der Waals surface area contributed by atoms with Crippen LogP contribution in [0.4, 0.5) is 0 Å². The highest BCUT2D eigenvalue weighted by Crippen LogP contribution is 2.30. The summed E-state index contributed by atoms with van der Waals surface area (Å²) in [6.45, 7) is 3.42. The van der Waals surface area contributed by atoms with E-state index in [1.54, 1.807) is 0 Å². The van der Waals surface area contributed by atoms with E-state index in [-0.39, 0.29) is 11.9 Å². The Hall–Kier alpha value is -2.18. The van der Waals surface area contributed by atoms with Gasteiger partial charge in [0.25, 0.3) is 5.91 Å². The predicted octanol–water partition coefficient (Wildman–Crippen LogP) is 3.30. The fraction of sp³-hybridized carbons (Fsp3) is 0.333. The van der Waals surface area contributed by atoms with E-state index < -0.39 is 0 Å². The number of rotatable bonds is 3. The summed E-state index contributed by atoms with van der Waals surface area (Å²) in [5.41, 5.74) is 1.95. The molecule has 24 heavy (non-hydrogen) atoms. The smallest absolute Gasteiger partial charge is 0.261 e. The molecule has 0 aliphatic carbocycles. The molecule has 4 rings (SSSR count). The van der Waals surface area contributed by atoms with E-state index >= 15 is 0 Å². The molecule has 5 nitrogen and oxygen atoms in total. The number of carbonyl (C=O) groups is 1. The summed E-state index contributed by atoms with van der Waals surface area (Å²) in [4.78, 5) is 14.3. The van der Waals surface area contributed by atoms with Crippen LogP contribution in [0, 0.1) is 6.92 Å². The number of hydrogen-bond donors (Lipinski definition) is 1. The number of para-hydroxylation sites is 1. The van der Waals surface area contributed by atoms with Gasteiger partial charge in [-0.25, -0.2) is 4.68 Å². The maximum atomic E-state index is 12.6. The van der Waals surface area contributed by atoms with E-state index in [0.29, 0.717) is 0 Å². The molecule has 2 aromatic heterocycles. The van der Waals surface area contributed by atoms with E-state index in [1.165, 1.54) is 11.3 Å². The molecule has 0 saturated carbocycles. The molecule has 1 aliphatic heterocycles. The Kier molecular flexibility index (Phi) is 4.08. The molecular weight excluding hydrogens is 322 g/mol. The number of hydrogen-bond acceptors (Lipinski definition) is 4. The summed E-state index contributed by atoms with van der Waals surface area (Å²) in [6, 6.07) is 12.2. The van der Waals surface area contributed by atoms with Gasteiger partial charge in [-0.05, 0) is 38.0 Å². The average molecular weight is 341 g/mol. The molecule has 1 saturated heterocycles. The molecule has 1 aromatic carbocycles. The molecule has 1 aliphatic rings. The number of amides is 1. The molecule has 0 bridgehead atoms. The Morgan fingerprint density at radius 3 is 2.79 bits per heavy atom. The monoisotopic (exact) mass is 341 g/mol. The maximum absolute atomic E-state index is 12.6. The minimum absolute atomic E-state index is 0.00196. The molecule has 0 spiro atoms. The van der Waals surface area contributed by atoms with E-state index in [2.05, 4.69) is 10.4 Å². The number of fused-ring (bicyclic) bond motifs is 1. The summed E-state index contributed by atoms with van der Waals surface area (Å²) < 4.78 is 7.26. The zero-order chi connectivity index (χ0) is 16.5. The second kappa shape index (κ2) is 6.37. The lowest BCUT2D eigenvalue weighted by atomic mass is 10.1. The first kappa shape index (κ1) is 15.4. The van der Waals surface area contributed by atoms with E-state index in [0.717, 1.165) is 52.5 Å². The van der Waals surface area contributed by atoms with Crippen molar-refractivity contribution in [2.75, 3.05) is 13.2 Å². The maximum Gasteiger partial charge on any atom is 0.261 e. The quantitative estimate of drug-likeness (QED) is 0.795. The van der Waals surface area contributed by atoms with Gasteiger partial charge in [0, 0.05) is 24.6 Å². The van der Waals surface area contributed by atoms with Crippen LogP contribution in [0.25, 0.3) is 15.9 Å². The van der Waals surface area contributed by atoms with E-state index in [9.17, 15) is 4.79 Å². The lowest BCUT2D eigenvalue weighted by molar-refractivity contribution is 0.0698. The van der Waals surface area contributed by atoms with Crippen molar-refractivity contribution in [2.24, 2.45) is 0 Å². The Morgan fingerprint density at radius 1 is 1.29 bits per heavy atom. The Balaban J connectivity index is 1.64. The second-order valence-electron chi connectivity index (χ2n) is 6.02. The summed E-state index contributed by atoms with van der Waals surface area (Å²) in [7, 11) is 0. The number of nitrogens with one attached hydrogen (secondary N) is 1. The first-order valence-corrected chi connectivity index (χ1v) is 8.97. The summed E-state index contributed by atoms with van der Waals surface area (Å²) >= 11 is 1.49. The molecule has 1 fully saturated rings. The van der Waals surface area contributed by atoms with Crippen molar-refractivity contribution in [1.29, 1.82) is 0 Å². The Bertz CT molecular complexity index is 863. The van der Waals surface area contributed by atoms with Crippen LogP contribution in [0.3, 0.4) is 0 Å². The SMILES string of the molecule is Cc1nn(-c2ccccc2)c2sc(C(=O)NC3CCOCC3)cc12. The van der Waals surface area contributed by atoms with Crippen LogP contribution < -0.4 is 5.32 Å². The van der Waals surface area contributed by atoms with Gasteiger partial charge in [-0.2, -0.15) is 5.10 Å². The first-order valence-electron chi connectivity index (χ1n) is 8.15. The number of ether oxygens (including phenoxy) is 1. The highest BCUT2D eigenvalue weighted by Gasteiger charge is 2.20. The molecule has 6 heteroatoms. The van der Waals surface area contributed by atoms with Crippen molar-refractivity contribution in [3.05, 3.63) is 47.0 Å². The number of thiophene rings is 1. The third-order valence-corrected chi connectivity index (χ3v) is 5.44. The van der Waals surface area contributed by atoms with Gasteiger partial charge in [-0.3, -0.25) is 4.79 Å². The zero-order valence-electron chi connectivity index (χ0n) is 13.5. The standard InChI is InChI=1S/C18H19N3O2S/c1-12-15-11-16(17(22)19-13-7-9-23-10-8-13)24-18(15)21(20-12)14-5-3-2-4-6-14/h2-6,11,13H,7-10H2,1H3,(H,19,22). The van der Waals surface area contributed by atoms with Gasteiger partial charge in [0.2, 0.25) is 0 Å². The van der Waals surface area contributed by atoms with Gasteiger partial charge in [-0.1, -0.05) is 18.2 Å². The van der Waals surface area contributed by atoms with E-state index in [4.69, 9.17) is 4.74 Å². The van der Waals surface area contributed by atoms with Crippen LogP contribution >= 0.6 is 11.3 Å². The summed E-state index contributed by atoms with van der Waals surface area (Å²) in [6.07, 6.45) is 1.76. The van der Waals surface area contributed by atoms with Crippen molar-refractivity contribution in [3.63, 3.8) is 0 Å². The molecular formula is C18H19N3O2S. The minimum atomic E-state index is 0.00196. The summed E-state index contributed by atoms with van der Waals surface area (Å²) in [5.74, 6) is 0.00196. The first-order chi connectivity index (χ1) is 11.7. The molecule has 3 heterocycles. The lowest BCUT2D eigenvalue weighted by Crippen LogP contribution is -2.38. The van der Waals surface area contributed by atoms with Gasteiger partial charge in [0.1, 0.15) is 4.83 Å². The van der Waals surface area contributed by atoms with Gasteiger partial charge >= 0.3 is 0 Å². The van der Waals surface area contributed by atoms with E-state index in [1.807, 2.05) is 48.0 Å². The third kappa shape index (κ3) is 2.83. The second-order valence-corrected chi connectivity index (χ2v) is 7.05. The number of carbonyl (C=O) groups excluding carboxylic acids is 1. The topological polar surface area (TPSA) is 56.2 Å². The number of benzene rings is 1. The van der Waals surface area contributed by atoms with Crippen LogP contribution in [0.2, 0.25) is 0 Å². The molecule has 1 N–H and O–H groups in total. The van der Waals surface area contributed by atoms with Crippen molar-refractivity contribution in [1.82, 2.24) is 15.1 Å². The zero-order valence-corrected chi connectivity index (χ0v) is 14.3. The van der Waals surface area contributed by atoms with Gasteiger partial charge in [0.15, 0.2) is 0 Å². The number of aryl methyl sites for hydroxylation is 1. The molecule has 3 aromatic rings. The van der Waals surface area contributed by atoms with Crippen molar-refractivity contribution in [3.8, 4) is 5.69 Å². The Morgan fingerprint density at radius 2 is 2.04 bits per heavy atom. The fourth-order valence-corrected chi connectivity index (χ4v) is 4.09. The highest BCUT2D eigenvalue weighted by molar-refractivity contribution is 7.20. The number of nitrogens with zero attached hydrogens (tertiary/aromatic N) is 2. The minimum Gasteiger partial charge on any atom is -0.381 e. The highest BCUT2D eigenvalue weighted by atomic mass is 32.1. The normalized spacial score (nSPS) is 15.7.